The fourth-order valence-corrected chi connectivity index (χ4v) is 2.40. The Bertz CT molecular complexity index is 641. The molecular weight excluding hydrogens is 379 g/mol. The van der Waals surface area contributed by atoms with E-state index in [1.165, 1.54) is 5.56 Å². The van der Waals surface area contributed by atoms with Crippen LogP contribution in [0.4, 0.5) is 5.69 Å². The number of rotatable bonds is 4. The molecule has 21 heavy (non-hydrogen) atoms. The van der Waals surface area contributed by atoms with Gasteiger partial charge in [0.05, 0.1) is 6.04 Å². The lowest BCUT2D eigenvalue weighted by molar-refractivity contribution is -0.117. The van der Waals surface area contributed by atoms with E-state index in [1.807, 2.05) is 25.1 Å². The standard InChI is InChI=1S/C16H17IN2O2/c1-10-2-5-12(9-14(10)17)19-16(21)15(18)8-11-3-6-13(20)7-4-11/h2-7,9,15,20H,8,18H2,1H3,(H,19,21)/t15-/m1/s1. The number of aryl methyl sites for hydroxylation is 1. The molecule has 2 aromatic rings. The van der Waals surface area contributed by atoms with Crippen LogP contribution in [0.25, 0.3) is 0 Å². The molecule has 0 spiro atoms. The maximum absolute atomic E-state index is 12.1. The van der Waals surface area contributed by atoms with Crippen molar-refractivity contribution >= 4 is 34.2 Å². The van der Waals surface area contributed by atoms with Gasteiger partial charge in [-0.1, -0.05) is 18.2 Å². The number of carbonyl (C=O) groups excluding carboxylic acids is 1. The van der Waals surface area contributed by atoms with E-state index in [2.05, 4.69) is 27.9 Å². The lowest BCUT2D eigenvalue weighted by Gasteiger charge is -2.13. The number of carbonyl (C=O) groups is 1. The van der Waals surface area contributed by atoms with E-state index in [-0.39, 0.29) is 11.7 Å². The van der Waals surface area contributed by atoms with Crippen molar-refractivity contribution in [1.82, 2.24) is 0 Å². The number of benzene rings is 2. The summed E-state index contributed by atoms with van der Waals surface area (Å²) in [5, 5.41) is 12.1. The summed E-state index contributed by atoms with van der Waals surface area (Å²) >= 11 is 2.23. The summed E-state index contributed by atoms with van der Waals surface area (Å²) in [7, 11) is 0. The minimum atomic E-state index is -0.631. The van der Waals surface area contributed by atoms with E-state index in [9.17, 15) is 9.90 Å². The van der Waals surface area contributed by atoms with Crippen molar-refractivity contribution in [3.63, 3.8) is 0 Å². The molecule has 0 heterocycles. The van der Waals surface area contributed by atoms with Gasteiger partial charge in [0, 0.05) is 9.26 Å². The molecule has 0 aliphatic heterocycles. The summed E-state index contributed by atoms with van der Waals surface area (Å²) in [6, 6.07) is 11.8. The second-order valence-corrected chi connectivity index (χ2v) is 6.09. The number of aromatic hydroxyl groups is 1. The van der Waals surface area contributed by atoms with Crippen LogP contribution in [0.3, 0.4) is 0 Å². The largest absolute Gasteiger partial charge is 0.508 e. The van der Waals surface area contributed by atoms with E-state index in [1.54, 1.807) is 24.3 Å². The van der Waals surface area contributed by atoms with Crippen LogP contribution in [-0.4, -0.2) is 17.1 Å². The molecule has 5 heteroatoms. The van der Waals surface area contributed by atoms with Gasteiger partial charge < -0.3 is 16.2 Å². The quantitative estimate of drug-likeness (QED) is 0.696. The number of phenolic OH excluding ortho intramolecular Hbond substituents is 1. The van der Waals surface area contributed by atoms with Gasteiger partial charge in [-0.25, -0.2) is 0 Å². The van der Waals surface area contributed by atoms with Gasteiger partial charge in [0.2, 0.25) is 5.91 Å². The molecule has 110 valence electrons. The Labute approximate surface area is 137 Å². The monoisotopic (exact) mass is 396 g/mol. The third-order valence-corrected chi connectivity index (χ3v) is 4.33. The fraction of sp³-hybridized carbons (Fsp3) is 0.188. The smallest absolute Gasteiger partial charge is 0.241 e. The predicted molar refractivity (Wildman–Crippen MR) is 92.3 cm³/mol. The average Bonchev–Trinajstić information content (AvgIpc) is 2.45. The second-order valence-electron chi connectivity index (χ2n) is 4.93. The van der Waals surface area contributed by atoms with E-state index < -0.39 is 6.04 Å². The van der Waals surface area contributed by atoms with Crippen LogP contribution < -0.4 is 11.1 Å². The van der Waals surface area contributed by atoms with Crippen LogP contribution in [-0.2, 0) is 11.2 Å². The van der Waals surface area contributed by atoms with Crippen LogP contribution in [0.1, 0.15) is 11.1 Å². The number of nitrogens with two attached hydrogens (primary N) is 1. The van der Waals surface area contributed by atoms with Gasteiger partial charge in [-0.3, -0.25) is 4.79 Å². The first-order valence-electron chi connectivity index (χ1n) is 6.56. The van der Waals surface area contributed by atoms with Crippen molar-refractivity contribution in [2.24, 2.45) is 5.73 Å². The SMILES string of the molecule is Cc1ccc(NC(=O)[C@H](N)Cc2ccc(O)cc2)cc1I. The van der Waals surface area contributed by atoms with Gasteiger partial charge in [-0.05, 0) is 71.3 Å². The molecule has 4 N–H and O–H groups in total. The third kappa shape index (κ3) is 4.44. The van der Waals surface area contributed by atoms with E-state index >= 15 is 0 Å². The highest BCUT2D eigenvalue weighted by atomic mass is 127. The van der Waals surface area contributed by atoms with Gasteiger partial charge in [-0.2, -0.15) is 0 Å². The normalized spacial score (nSPS) is 12.0. The number of anilines is 1. The van der Waals surface area contributed by atoms with Gasteiger partial charge >= 0.3 is 0 Å². The number of halogens is 1. The Balaban J connectivity index is 1.98. The first-order chi connectivity index (χ1) is 9.95. The van der Waals surface area contributed by atoms with Gasteiger partial charge in [0.15, 0.2) is 0 Å². The lowest BCUT2D eigenvalue weighted by Crippen LogP contribution is -2.37. The molecule has 0 aromatic heterocycles. The molecule has 0 aliphatic carbocycles. The molecule has 0 aliphatic rings. The molecule has 0 saturated carbocycles. The molecule has 0 fully saturated rings. The summed E-state index contributed by atoms with van der Waals surface area (Å²) in [4.78, 5) is 12.1. The first kappa shape index (κ1) is 15.8. The van der Waals surface area contributed by atoms with Crippen molar-refractivity contribution in [1.29, 1.82) is 0 Å². The molecule has 4 nitrogen and oxygen atoms in total. The topological polar surface area (TPSA) is 75.4 Å². The summed E-state index contributed by atoms with van der Waals surface area (Å²) in [5.74, 6) is -0.0197. The lowest BCUT2D eigenvalue weighted by atomic mass is 10.1. The van der Waals surface area contributed by atoms with Crippen molar-refractivity contribution in [3.8, 4) is 5.75 Å². The molecule has 1 amide bonds. The number of amides is 1. The van der Waals surface area contributed by atoms with Crippen LogP contribution >= 0.6 is 22.6 Å². The van der Waals surface area contributed by atoms with Crippen molar-refractivity contribution < 1.29 is 9.90 Å². The van der Waals surface area contributed by atoms with E-state index in [0.717, 1.165) is 14.8 Å². The maximum Gasteiger partial charge on any atom is 0.241 e. The predicted octanol–water partition coefficient (Wildman–Crippen LogP) is 2.81. The minimum absolute atomic E-state index is 0.200. The summed E-state index contributed by atoms with van der Waals surface area (Å²) in [5.41, 5.74) is 8.75. The first-order valence-corrected chi connectivity index (χ1v) is 7.64. The molecule has 0 saturated heterocycles. The highest BCUT2D eigenvalue weighted by Crippen LogP contribution is 2.17. The van der Waals surface area contributed by atoms with Gasteiger partial charge in [0.25, 0.3) is 0 Å². The third-order valence-electron chi connectivity index (χ3n) is 3.17. The second kappa shape index (κ2) is 6.91. The molecule has 0 radical (unpaired) electrons. The van der Waals surface area contributed by atoms with Crippen LogP contribution in [0.5, 0.6) is 5.75 Å². The van der Waals surface area contributed by atoms with E-state index in [4.69, 9.17) is 5.73 Å². The molecular formula is C16H17IN2O2. The average molecular weight is 396 g/mol. The Morgan fingerprint density at radius 1 is 1.29 bits per heavy atom. The minimum Gasteiger partial charge on any atom is -0.508 e. The zero-order valence-electron chi connectivity index (χ0n) is 11.6. The molecule has 2 aromatic carbocycles. The zero-order chi connectivity index (χ0) is 15.4. The highest BCUT2D eigenvalue weighted by molar-refractivity contribution is 14.1. The van der Waals surface area contributed by atoms with Crippen LogP contribution in [0, 0.1) is 10.5 Å². The zero-order valence-corrected chi connectivity index (χ0v) is 13.8. The number of nitrogens with one attached hydrogen (secondary N) is 1. The summed E-state index contributed by atoms with van der Waals surface area (Å²) in [6.07, 6.45) is 0.426. The van der Waals surface area contributed by atoms with Gasteiger partial charge in [0.1, 0.15) is 5.75 Å². The Hall–Kier alpha value is -1.60. The molecule has 0 unspecified atom stereocenters. The van der Waals surface area contributed by atoms with Crippen molar-refractivity contribution in [2.45, 2.75) is 19.4 Å². The maximum atomic E-state index is 12.1. The van der Waals surface area contributed by atoms with Gasteiger partial charge in [-0.15, -0.1) is 0 Å². The van der Waals surface area contributed by atoms with Crippen molar-refractivity contribution in [2.75, 3.05) is 5.32 Å². The number of hydrogen-bond acceptors (Lipinski definition) is 3. The molecule has 1 atom stereocenters. The number of hydrogen-bond donors (Lipinski definition) is 3. The Kier molecular flexibility index (Phi) is 5.19. The number of phenols is 1. The van der Waals surface area contributed by atoms with Crippen molar-refractivity contribution in [3.05, 3.63) is 57.2 Å². The highest BCUT2D eigenvalue weighted by Gasteiger charge is 2.14. The summed E-state index contributed by atoms with van der Waals surface area (Å²) in [6.45, 7) is 2.02. The Morgan fingerprint density at radius 3 is 2.57 bits per heavy atom. The summed E-state index contributed by atoms with van der Waals surface area (Å²) < 4.78 is 1.09. The molecule has 0 bridgehead atoms. The van der Waals surface area contributed by atoms with Crippen LogP contribution in [0.15, 0.2) is 42.5 Å². The molecule has 2 rings (SSSR count). The fourth-order valence-electron chi connectivity index (χ4n) is 1.88. The van der Waals surface area contributed by atoms with E-state index in [0.29, 0.717) is 6.42 Å². The Morgan fingerprint density at radius 2 is 1.95 bits per heavy atom. The van der Waals surface area contributed by atoms with Crippen LogP contribution in [0.2, 0.25) is 0 Å².